The molecule has 6 rings (SSSR count). The van der Waals surface area contributed by atoms with E-state index in [0.717, 1.165) is 22.7 Å². The monoisotopic (exact) mass is 582 g/mol. The minimum Gasteiger partial charge on any atom is -0.321 e. The van der Waals surface area contributed by atoms with Gasteiger partial charge < -0.3 is 9.80 Å². The third kappa shape index (κ3) is 5.22. The average Bonchev–Trinajstić information content (AvgIpc) is 3.62. The molecule has 0 atom stereocenters. The molecule has 0 aliphatic carbocycles. The van der Waals surface area contributed by atoms with Gasteiger partial charge in [0.2, 0.25) is 5.82 Å². The van der Waals surface area contributed by atoms with Gasteiger partial charge in [-0.15, -0.1) is 0 Å². The molecule has 212 valence electrons. The Kier molecular flexibility index (Phi) is 8.04. The molecule has 1 amide bonds. The van der Waals surface area contributed by atoms with Gasteiger partial charge in [0.25, 0.3) is 5.91 Å². The molecule has 1 fully saturated rings. The molecule has 1 aliphatic rings. The second kappa shape index (κ2) is 11.8. The molecular formula is C30H27FN8O2S. The SMILES string of the molecule is CC.CCc1nc2ccc(-c3cnc(C(=O)N4CC(=O)C4)nc3)cn2c1N(C)c1nc(-c2ccc(F)cc2)c(C#N)s1. The highest BCUT2D eigenvalue weighted by atomic mass is 32.1. The second-order valence-corrected chi connectivity index (χ2v) is 10.2. The van der Waals surface area contributed by atoms with E-state index in [9.17, 15) is 19.2 Å². The van der Waals surface area contributed by atoms with Crippen molar-refractivity contribution in [3.05, 3.63) is 77.2 Å². The molecule has 0 radical (unpaired) electrons. The highest BCUT2D eigenvalue weighted by Gasteiger charge is 2.30. The summed E-state index contributed by atoms with van der Waals surface area (Å²) >= 11 is 1.25. The molecule has 1 aromatic carbocycles. The quantitative estimate of drug-likeness (QED) is 0.264. The summed E-state index contributed by atoms with van der Waals surface area (Å²) in [5, 5.41) is 10.4. The van der Waals surface area contributed by atoms with Gasteiger partial charge in [-0.25, -0.2) is 24.3 Å². The van der Waals surface area contributed by atoms with Crippen LogP contribution >= 0.6 is 11.3 Å². The van der Waals surface area contributed by atoms with Gasteiger partial charge in [0, 0.05) is 42.3 Å². The summed E-state index contributed by atoms with van der Waals surface area (Å²) in [4.78, 5) is 45.4. The van der Waals surface area contributed by atoms with Crippen LogP contribution in [-0.4, -0.2) is 61.1 Å². The van der Waals surface area contributed by atoms with Gasteiger partial charge in [0.1, 0.15) is 33.9 Å². The lowest BCUT2D eigenvalue weighted by atomic mass is 10.1. The summed E-state index contributed by atoms with van der Waals surface area (Å²) in [7, 11) is 1.87. The standard InChI is InChI=1S/C28H21FN8O2S.C2H6/c1-3-21-26(35(2)28-34-24(22(10-30)40-28)16-4-7-19(29)8-5-16)37-13-17(6-9-23(37)33-21)18-11-31-25(32-12-18)27(39)36-14-20(38)15-36;1-2/h4-9,11-13H,3,14-15H2,1-2H3;1-2H3. The number of anilines is 2. The number of nitrogens with zero attached hydrogens (tertiary/aromatic N) is 8. The number of benzene rings is 1. The molecule has 0 N–H and O–H groups in total. The predicted octanol–water partition coefficient (Wildman–Crippen LogP) is 5.31. The van der Waals surface area contributed by atoms with E-state index in [1.165, 1.54) is 28.4 Å². The van der Waals surface area contributed by atoms with Gasteiger partial charge in [-0.2, -0.15) is 5.26 Å². The molecule has 42 heavy (non-hydrogen) atoms. The highest BCUT2D eigenvalue weighted by Crippen LogP contribution is 2.37. The van der Waals surface area contributed by atoms with Crippen molar-refractivity contribution in [2.75, 3.05) is 25.0 Å². The number of hydrogen-bond donors (Lipinski definition) is 0. The molecular weight excluding hydrogens is 555 g/mol. The molecule has 0 bridgehead atoms. The summed E-state index contributed by atoms with van der Waals surface area (Å²) in [6, 6.07) is 11.9. The molecule has 0 saturated carbocycles. The number of rotatable bonds is 6. The minimum atomic E-state index is -0.368. The van der Waals surface area contributed by atoms with E-state index in [1.807, 2.05) is 55.4 Å². The first-order chi connectivity index (χ1) is 20.4. The summed E-state index contributed by atoms with van der Waals surface area (Å²) in [6.07, 6.45) is 5.75. The lowest BCUT2D eigenvalue weighted by Gasteiger charge is -2.28. The normalized spacial score (nSPS) is 12.4. The van der Waals surface area contributed by atoms with Crippen molar-refractivity contribution >= 4 is 39.6 Å². The van der Waals surface area contributed by atoms with Crippen molar-refractivity contribution in [1.29, 1.82) is 5.26 Å². The van der Waals surface area contributed by atoms with E-state index in [-0.39, 0.29) is 36.4 Å². The van der Waals surface area contributed by atoms with Crippen molar-refractivity contribution in [3.8, 4) is 28.5 Å². The number of likely N-dealkylation sites (tertiary alicyclic amines) is 1. The first-order valence-electron chi connectivity index (χ1n) is 13.4. The fourth-order valence-corrected chi connectivity index (χ4v) is 5.37. The molecule has 12 heteroatoms. The van der Waals surface area contributed by atoms with Crippen LogP contribution < -0.4 is 4.90 Å². The van der Waals surface area contributed by atoms with E-state index in [0.29, 0.717) is 33.3 Å². The molecule has 5 heterocycles. The number of Topliss-reactive ketones (excluding diaryl/α,β-unsaturated/α-hetero) is 1. The number of aryl methyl sites for hydroxylation is 1. The zero-order chi connectivity index (χ0) is 30.0. The second-order valence-electron chi connectivity index (χ2n) is 9.23. The van der Waals surface area contributed by atoms with Crippen LogP contribution in [0.1, 0.15) is 42.0 Å². The topological polar surface area (TPSA) is 120 Å². The average molecular weight is 583 g/mol. The molecule has 1 saturated heterocycles. The van der Waals surface area contributed by atoms with Crippen LogP contribution in [0.2, 0.25) is 0 Å². The van der Waals surface area contributed by atoms with Crippen LogP contribution in [0.3, 0.4) is 0 Å². The van der Waals surface area contributed by atoms with Crippen molar-refractivity contribution in [1.82, 2.24) is 29.2 Å². The summed E-state index contributed by atoms with van der Waals surface area (Å²) in [5.41, 5.74) is 4.25. The molecule has 0 unspecified atom stereocenters. The number of amides is 1. The summed E-state index contributed by atoms with van der Waals surface area (Å²) < 4.78 is 15.4. The Bertz CT molecular complexity index is 1820. The van der Waals surface area contributed by atoms with Crippen LogP contribution in [0.15, 0.2) is 55.0 Å². The van der Waals surface area contributed by atoms with Gasteiger partial charge >= 0.3 is 0 Å². The number of hydrogen-bond acceptors (Lipinski definition) is 9. The van der Waals surface area contributed by atoms with Crippen molar-refractivity contribution in [2.24, 2.45) is 0 Å². The molecule has 5 aromatic rings. The fourth-order valence-electron chi connectivity index (χ4n) is 4.52. The summed E-state index contributed by atoms with van der Waals surface area (Å²) in [6.45, 7) is 6.21. The van der Waals surface area contributed by atoms with E-state index >= 15 is 0 Å². The van der Waals surface area contributed by atoms with Crippen LogP contribution in [0, 0.1) is 17.1 Å². The maximum Gasteiger partial charge on any atom is 0.292 e. The maximum absolute atomic E-state index is 13.5. The number of halogens is 1. The van der Waals surface area contributed by atoms with Crippen LogP contribution in [0.5, 0.6) is 0 Å². The lowest BCUT2D eigenvalue weighted by molar-refractivity contribution is -0.127. The number of carbonyl (C=O) groups excluding carboxylic acids is 2. The molecule has 0 spiro atoms. The first kappa shape index (κ1) is 28.5. The number of thiazole rings is 1. The van der Waals surface area contributed by atoms with E-state index in [1.54, 1.807) is 24.5 Å². The summed E-state index contributed by atoms with van der Waals surface area (Å²) in [5.74, 6) is 0.122. The Morgan fingerprint density at radius 1 is 1.05 bits per heavy atom. The van der Waals surface area contributed by atoms with E-state index in [2.05, 4.69) is 16.0 Å². The van der Waals surface area contributed by atoms with Crippen LogP contribution in [0.4, 0.5) is 15.3 Å². The van der Waals surface area contributed by atoms with E-state index < -0.39 is 0 Å². The van der Waals surface area contributed by atoms with E-state index in [4.69, 9.17) is 9.97 Å². The zero-order valence-electron chi connectivity index (χ0n) is 23.5. The Hall–Kier alpha value is -5.02. The third-order valence-electron chi connectivity index (χ3n) is 6.64. The number of imidazole rings is 1. The minimum absolute atomic E-state index is 0.0131. The molecule has 10 nitrogen and oxygen atoms in total. The Labute approximate surface area is 245 Å². The smallest absolute Gasteiger partial charge is 0.292 e. The number of pyridine rings is 1. The van der Waals surface area contributed by atoms with Gasteiger partial charge in [-0.1, -0.05) is 32.1 Å². The Morgan fingerprint density at radius 2 is 1.71 bits per heavy atom. The Balaban J connectivity index is 0.00000173. The van der Waals surface area contributed by atoms with Gasteiger partial charge in [-0.3, -0.25) is 14.0 Å². The van der Waals surface area contributed by atoms with Crippen LogP contribution in [-0.2, 0) is 11.2 Å². The van der Waals surface area contributed by atoms with Gasteiger partial charge in [0.15, 0.2) is 10.9 Å². The lowest BCUT2D eigenvalue weighted by Crippen LogP contribution is -2.50. The number of fused-ring (bicyclic) bond motifs is 1. The van der Waals surface area contributed by atoms with Crippen molar-refractivity contribution in [2.45, 2.75) is 27.2 Å². The highest BCUT2D eigenvalue weighted by molar-refractivity contribution is 7.16. The number of ketones is 1. The Morgan fingerprint density at radius 3 is 2.33 bits per heavy atom. The van der Waals surface area contributed by atoms with Crippen LogP contribution in [0.25, 0.3) is 28.0 Å². The number of nitriles is 1. The predicted molar refractivity (Wildman–Crippen MR) is 158 cm³/mol. The van der Waals surface area contributed by atoms with Crippen molar-refractivity contribution < 1.29 is 14.0 Å². The fraction of sp³-hybridized carbons (Fsp3) is 0.233. The largest absolute Gasteiger partial charge is 0.321 e. The third-order valence-corrected chi connectivity index (χ3v) is 7.67. The van der Waals surface area contributed by atoms with Gasteiger partial charge in [0.05, 0.1) is 18.8 Å². The molecule has 4 aromatic heterocycles. The zero-order valence-corrected chi connectivity index (χ0v) is 24.3. The van der Waals surface area contributed by atoms with Gasteiger partial charge in [-0.05, 0) is 42.8 Å². The molecule has 1 aliphatic heterocycles. The number of aromatic nitrogens is 5. The maximum atomic E-state index is 13.5. The number of carbonyl (C=O) groups is 2. The first-order valence-corrected chi connectivity index (χ1v) is 14.2. The van der Waals surface area contributed by atoms with Crippen molar-refractivity contribution in [3.63, 3.8) is 0 Å².